The Morgan fingerprint density at radius 3 is 2.89 bits per heavy atom. The van der Waals surface area contributed by atoms with Crippen LogP contribution in [0.4, 0.5) is 0 Å². The topological polar surface area (TPSA) is 59.0 Å². The highest BCUT2D eigenvalue weighted by molar-refractivity contribution is 5.80. The van der Waals surface area contributed by atoms with Crippen LogP contribution in [-0.4, -0.2) is 49.2 Å². The highest BCUT2D eigenvalue weighted by Gasteiger charge is 2.24. The van der Waals surface area contributed by atoms with Crippen LogP contribution in [0.3, 0.4) is 0 Å². The van der Waals surface area contributed by atoms with E-state index in [4.69, 9.17) is 14.5 Å². The summed E-state index contributed by atoms with van der Waals surface area (Å²) in [4.78, 5) is 11.6. The number of nitrogens with zero attached hydrogens (tertiary/aromatic N) is 3. The number of methoxy groups -OCH3 is 1. The molecule has 0 bridgehead atoms. The molecule has 2 aromatic rings. The number of ether oxygens (including phenoxy) is 2. The van der Waals surface area contributed by atoms with Gasteiger partial charge in [-0.2, -0.15) is 0 Å². The molecule has 1 atom stereocenters. The van der Waals surface area contributed by atoms with E-state index in [2.05, 4.69) is 22.1 Å². The number of aromatic nitrogens is 1. The summed E-state index contributed by atoms with van der Waals surface area (Å²) in [5.74, 6) is 2.15. The molecule has 0 amide bonds. The minimum atomic E-state index is 0.499. The number of hydrogen-bond acceptors (Lipinski definition) is 4. The molecule has 3 rings (SSSR count). The molecular weight excluding hydrogens is 352 g/mol. The first-order valence-electron chi connectivity index (χ1n) is 9.93. The Bertz CT molecular complexity index is 751. The molecule has 1 fully saturated rings. The van der Waals surface area contributed by atoms with Crippen molar-refractivity contribution in [1.82, 2.24) is 15.2 Å². The summed E-state index contributed by atoms with van der Waals surface area (Å²) in [6.45, 7) is 6.75. The maximum atomic E-state index is 5.96. The Hall–Kier alpha value is -2.60. The number of benzene rings is 1. The summed E-state index contributed by atoms with van der Waals surface area (Å²) >= 11 is 0. The molecule has 0 saturated carbocycles. The number of hydrogen-bond donors (Lipinski definition) is 1. The monoisotopic (exact) mass is 382 g/mol. The molecule has 6 nitrogen and oxygen atoms in total. The van der Waals surface area contributed by atoms with Crippen molar-refractivity contribution in [2.75, 3.05) is 33.4 Å². The first-order valence-corrected chi connectivity index (χ1v) is 9.93. The standard InChI is InChI=1S/C22H30N4O2/c1-3-23-22(26-13-11-19(15-26)16-27-2)25-14-20-10-7-12-24-21(20)28-17-18-8-5-4-6-9-18/h4-10,12,19H,3,11,13-17H2,1-2H3,(H,23,25). The molecule has 150 valence electrons. The van der Waals surface area contributed by atoms with Gasteiger partial charge in [0.25, 0.3) is 0 Å². The molecule has 1 N–H and O–H groups in total. The number of nitrogens with one attached hydrogen (secondary N) is 1. The molecule has 1 aromatic carbocycles. The lowest BCUT2D eigenvalue weighted by Gasteiger charge is -2.21. The van der Waals surface area contributed by atoms with Crippen molar-refractivity contribution in [3.05, 3.63) is 59.8 Å². The Labute approximate surface area is 167 Å². The summed E-state index contributed by atoms with van der Waals surface area (Å²) in [7, 11) is 1.77. The molecule has 0 aliphatic carbocycles. The second-order valence-electron chi connectivity index (χ2n) is 6.97. The van der Waals surface area contributed by atoms with Crippen molar-refractivity contribution < 1.29 is 9.47 Å². The van der Waals surface area contributed by atoms with Crippen molar-refractivity contribution >= 4 is 5.96 Å². The molecule has 0 radical (unpaired) electrons. The van der Waals surface area contributed by atoms with E-state index in [0.29, 0.717) is 24.9 Å². The second-order valence-corrected chi connectivity index (χ2v) is 6.97. The Morgan fingerprint density at radius 1 is 1.25 bits per heavy atom. The summed E-state index contributed by atoms with van der Waals surface area (Å²) in [6, 6.07) is 14.1. The SMILES string of the molecule is CCNC(=NCc1cccnc1OCc1ccccc1)N1CCC(COC)C1. The van der Waals surface area contributed by atoms with Gasteiger partial charge in [-0.05, 0) is 25.0 Å². The maximum Gasteiger partial charge on any atom is 0.218 e. The summed E-state index contributed by atoms with van der Waals surface area (Å²) in [5.41, 5.74) is 2.11. The quantitative estimate of drug-likeness (QED) is 0.562. The molecule has 2 heterocycles. The molecule has 6 heteroatoms. The first-order chi connectivity index (χ1) is 13.8. The van der Waals surface area contributed by atoms with E-state index in [1.165, 1.54) is 0 Å². The molecule has 1 aromatic heterocycles. The number of likely N-dealkylation sites (tertiary alicyclic amines) is 1. The lowest BCUT2D eigenvalue weighted by atomic mass is 10.1. The van der Waals surface area contributed by atoms with Crippen LogP contribution in [0.15, 0.2) is 53.7 Å². The van der Waals surface area contributed by atoms with Crippen LogP contribution >= 0.6 is 0 Å². The predicted molar refractivity (Wildman–Crippen MR) is 111 cm³/mol. The average molecular weight is 383 g/mol. The fourth-order valence-corrected chi connectivity index (χ4v) is 3.38. The highest BCUT2D eigenvalue weighted by Crippen LogP contribution is 2.19. The molecule has 1 unspecified atom stereocenters. The lowest BCUT2D eigenvalue weighted by Crippen LogP contribution is -2.40. The molecule has 28 heavy (non-hydrogen) atoms. The lowest BCUT2D eigenvalue weighted by molar-refractivity contribution is 0.157. The number of aliphatic imine (C=N–C) groups is 1. The van der Waals surface area contributed by atoms with Crippen LogP contribution in [0.1, 0.15) is 24.5 Å². The van der Waals surface area contributed by atoms with E-state index in [9.17, 15) is 0 Å². The first kappa shape index (κ1) is 20.1. The fourth-order valence-electron chi connectivity index (χ4n) is 3.38. The van der Waals surface area contributed by atoms with Gasteiger partial charge in [-0.25, -0.2) is 9.98 Å². The molecular formula is C22H30N4O2. The highest BCUT2D eigenvalue weighted by atomic mass is 16.5. The third kappa shape index (κ3) is 5.70. The van der Waals surface area contributed by atoms with Crippen LogP contribution in [0.2, 0.25) is 0 Å². The normalized spacial score (nSPS) is 17.0. The van der Waals surface area contributed by atoms with Gasteiger partial charge in [0.15, 0.2) is 5.96 Å². The Morgan fingerprint density at radius 2 is 2.11 bits per heavy atom. The number of guanidine groups is 1. The van der Waals surface area contributed by atoms with E-state index >= 15 is 0 Å². The number of rotatable bonds is 8. The smallest absolute Gasteiger partial charge is 0.218 e. The van der Waals surface area contributed by atoms with E-state index in [-0.39, 0.29) is 0 Å². The molecule has 1 saturated heterocycles. The van der Waals surface area contributed by atoms with Gasteiger partial charge in [-0.15, -0.1) is 0 Å². The van der Waals surface area contributed by atoms with E-state index < -0.39 is 0 Å². The van der Waals surface area contributed by atoms with Gasteiger partial charge >= 0.3 is 0 Å². The Kier molecular flexibility index (Phi) is 7.67. The largest absolute Gasteiger partial charge is 0.473 e. The van der Waals surface area contributed by atoms with Crippen LogP contribution in [0.5, 0.6) is 5.88 Å². The van der Waals surface area contributed by atoms with Crippen LogP contribution in [-0.2, 0) is 17.9 Å². The minimum absolute atomic E-state index is 0.499. The second kappa shape index (κ2) is 10.7. The van der Waals surface area contributed by atoms with Gasteiger partial charge < -0.3 is 19.7 Å². The Balaban J connectivity index is 1.65. The third-order valence-corrected chi connectivity index (χ3v) is 4.79. The summed E-state index contributed by atoms with van der Waals surface area (Å²) < 4.78 is 11.3. The predicted octanol–water partition coefficient (Wildman–Crippen LogP) is 3.09. The van der Waals surface area contributed by atoms with Gasteiger partial charge in [0, 0.05) is 44.4 Å². The van der Waals surface area contributed by atoms with Crippen molar-refractivity contribution in [1.29, 1.82) is 0 Å². The summed E-state index contributed by atoms with van der Waals surface area (Å²) in [5, 5.41) is 3.41. The van der Waals surface area contributed by atoms with Gasteiger partial charge in [0.2, 0.25) is 5.88 Å². The van der Waals surface area contributed by atoms with Crippen molar-refractivity contribution in [3.63, 3.8) is 0 Å². The fraction of sp³-hybridized carbons (Fsp3) is 0.455. The average Bonchev–Trinajstić information content (AvgIpc) is 3.20. The van der Waals surface area contributed by atoms with Gasteiger partial charge in [-0.3, -0.25) is 0 Å². The van der Waals surface area contributed by atoms with E-state index in [1.807, 2.05) is 42.5 Å². The van der Waals surface area contributed by atoms with Gasteiger partial charge in [0.05, 0.1) is 13.2 Å². The molecule has 1 aliphatic heterocycles. The van der Waals surface area contributed by atoms with Crippen LogP contribution < -0.4 is 10.1 Å². The minimum Gasteiger partial charge on any atom is -0.473 e. The van der Waals surface area contributed by atoms with Gasteiger partial charge in [0.1, 0.15) is 6.61 Å². The van der Waals surface area contributed by atoms with Crippen molar-refractivity contribution in [2.24, 2.45) is 10.9 Å². The maximum absolute atomic E-state index is 5.96. The zero-order valence-corrected chi connectivity index (χ0v) is 16.8. The van der Waals surface area contributed by atoms with Crippen LogP contribution in [0, 0.1) is 5.92 Å². The van der Waals surface area contributed by atoms with E-state index in [1.54, 1.807) is 13.3 Å². The molecule has 1 aliphatic rings. The van der Waals surface area contributed by atoms with E-state index in [0.717, 1.165) is 49.7 Å². The zero-order chi connectivity index (χ0) is 19.6. The number of pyridine rings is 1. The molecule has 0 spiro atoms. The zero-order valence-electron chi connectivity index (χ0n) is 16.8. The van der Waals surface area contributed by atoms with Gasteiger partial charge in [-0.1, -0.05) is 36.4 Å². The third-order valence-electron chi connectivity index (χ3n) is 4.79. The van der Waals surface area contributed by atoms with Crippen molar-refractivity contribution in [3.8, 4) is 5.88 Å². The van der Waals surface area contributed by atoms with Crippen LogP contribution in [0.25, 0.3) is 0 Å². The van der Waals surface area contributed by atoms with Crippen molar-refractivity contribution in [2.45, 2.75) is 26.5 Å². The summed E-state index contributed by atoms with van der Waals surface area (Å²) in [6.07, 6.45) is 2.89.